The quantitative estimate of drug-likeness (QED) is 0.550. The fourth-order valence-electron chi connectivity index (χ4n) is 2.21. The third-order valence-corrected chi connectivity index (χ3v) is 4.64. The number of hydrogen-bond acceptors (Lipinski definition) is 7. The molecule has 2 aromatic rings. The van der Waals surface area contributed by atoms with E-state index in [1.165, 1.54) is 12.1 Å². The van der Waals surface area contributed by atoms with Gasteiger partial charge in [0.25, 0.3) is 5.91 Å². The lowest BCUT2D eigenvalue weighted by atomic mass is 10.1. The second kappa shape index (κ2) is 9.40. The fraction of sp³-hybridized carbons (Fsp3) is 0.353. The van der Waals surface area contributed by atoms with Crippen LogP contribution in [-0.2, 0) is 16.4 Å². The number of sulfonamides is 1. The molecule has 10 heteroatoms. The lowest BCUT2D eigenvalue weighted by Gasteiger charge is -2.10. The van der Waals surface area contributed by atoms with E-state index in [0.29, 0.717) is 25.3 Å². The Hall–Kier alpha value is -2.56. The van der Waals surface area contributed by atoms with Crippen LogP contribution in [0.3, 0.4) is 0 Å². The van der Waals surface area contributed by atoms with Gasteiger partial charge in [-0.05, 0) is 50.3 Å². The summed E-state index contributed by atoms with van der Waals surface area (Å²) in [7, 11) is 0.189. The van der Waals surface area contributed by atoms with Crippen LogP contribution in [0.1, 0.15) is 16.1 Å². The number of rotatable bonds is 9. The minimum atomic E-state index is -3.67. The number of primary sulfonamides is 1. The van der Waals surface area contributed by atoms with E-state index >= 15 is 0 Å². The van der Waals surface area contributed by atoms with Crippen molar-refractivity contribution in [1.82, 2.24) is 20.4 Å². The predicted octanol–water partition coefficient (Wildman–Crippen LogP) is 0.0700. The average molecular weight is 392 g/mol. The first kappa shape index (κ1) is 20.7. The van der Waals surface area contributed by atoms with Gasteiger partial charge in [0.1, 0.15) is 5.82 Å². The summed E-state index contributed by atoms with van der Waals surface area (Å²) in [5, 5.41) is 18.9. The van der Waals surface area contributed by atoms with Crippen LogP contribution in [0, 0.1) is 0 Å². The molecule has 0 aliphatic carbocycles. The Balaban J connectivity index is 1.80. The van der Waals surface area contributed by atoms with Crippen LogP contribution in [0.2, 0.25) is 0 Å². The molecule has 0 unspecified atom stereocenters. The molecule has 1 aromatic carbocycles. The first-order chi connectivity index (χ1) is 12.8. The molecule has 0 radical (unpaired) electrons. The molecule has 0 aliphatic heterocycles. The summed E-state index contributed by atoms with van der Waals surface area (Å²) < 4.78 is 22.5. The van der Waals surface area contributed by atoms with Crippen LogP contribution in [0.4, 0.5) is 5.82 Å². The van der Waals surface area contributed by atoms with Gasteiger partial charge in [-0.3, -0.25) is 4.79 Å². The SMILES string of the molecule is CN(C)CCNC(=O)c1ccc(NCCc2ccc(S(N)(=O)=O)cc2)nn1. The van der Waals surface area contributed by atoms with E-state index in [9.17, 15) is 13.2 Å². The molecular weight excluding hydrogens is 368 g/mol. The van der Waals surface area contributed by atoms with Gasteiger partial charge in [0.05, 0.1) is 4.90 Å². The van der Waals surface area contributed by atoms with E-state index in [1.807, 2.05) is 19.0 Å². The zero-order chi connectivity index (χ0) is 19.9. The zero-order valence-corrected chi connectivity index (χ0v) is 16.2. The van der Waals surface area contributed by atoms with Gasteiger partial charge < -0.3 is 15.5 Å². The Kier molecular flexibility index (Phi) is 7.22. The third kappa shape index (κ3) is 6.93. The van der Waals surface area contributed by atoms with Gasteiger partial charge in [0, 0.05) is 19.6 Å². The van der Waals surface area contributed by atoms with Crippen LogP contribution >= 0.6 is 0 Å². The zero-order valence-electron chi connectivity index (χ0n) is 15.3. The van der Waals surface area contributed by atoms with Crippen molar-refractivity contribution in [3.05, 3.63) is 47.7 Å². The summed E-state index contributed by atoms with van der Waals surface area (Å²) >= 11 is 0. The monoisotopic (exact) mass is 392 g/mol. The van der Waals surface area contributed by atoms with E-state index in [2.05, 4.69) is 20.8 Å². The molecule has 2 rings (SSSR count). The number of hydrogen-bond donors (Lipinski definition) is 3. The van der Waals surface area contributed by atoms with Crippen LogP contribution in [-0.4, -0.2) is 63.2 Å². The maximum atomic E-state index is 11.9. The van der Waals surface area contributed by atoms with E-state index in [-0.39, 0.29) is 16.5 Å². The molecule has 1 aromatic heterocycles. The first-order valence-electron chi connectivity index (χ1n) is 8.38. The van der Waals surface area contributed by atoms with Crippen LogP contribution in [0.25, 0.3) is 0 Å². The minimum Gasteiger partial charge on any atom is -0.368 e. The normalized spacial score (nSPS) is 11.4. The highest BCUT2D eigenvalue weighted by molar-refractivity contribution is 7.89. The molecule has 0 fully saturated rings. The topological polar surface area (TPSA) is 130 Å². The van der Waals surface area contributed by atoms with Gasteiger partial charge in [-0.1, -0.05) is 12.1 Å². The molecule has 0 spiro atoms. The smallest absolute Gasteiger partial charge is 0.271 e. The van der Waals surface area contributed by atoms with Crippen LogP contribution in [0.5, 0.6) is 0 Å². The molecule has 0 saturated heterocycles. The summed E-state index contributed by atoms with van der Waals surface area (Å²) in [5.41, 5.74) is 1.22. The van der Waals surface area contributed by atoms with Crippen molar-refractivity contribution in [2.45, 2.75) is 11.3 Å². The third-order valence-electron chi connectivity index (χ3n) is 3.71. The lowest BCUT2D eigenvalue weighted by Crippen LogP contribution is -2.31. The molecular formula is C17H24N6O3S. The highest BCUT2D eigenvalue weighted by atomic mass is 32.2. The molecule has 4 N–H and O–H groups in total. The molecule has 0 bridgehead atoms. The number of benzene rings is 1. The number of nitrogens with two attached hydrogens (primary N) is 1. The van der Waals surface area contributed by atoms with Crippen molar-refractivity contribution in [2.24, 2.45) is 5.14 Å². The van der Waals surface area contributed by atoms with Crippen molar-refractivity contribution in [1.29, 1.82) is 0 Å². The molecule has 9 nitrogen and oxygen atoms in total. The lowest BCUT2D eigenvalue weighted by molar-refractivity contribution is 0.0945. The molecule has 0 saturated carbocycles. The van der Waals surface area contributed by atoms with E-state index in [1.54, 1.807) is 24.3 Å². The summed E-state index contributed by atoms with van der Waals surface area (Å²) in [6.45, 7) is 1.87. The number of nitrogens with one attached hydrogen (secondary N) is 2. The Labute approximate surface area is 159 Å². The molecule has 0 atom stereocenters. The molecule has 1 amide bonds. The minimum absolute atomic E-state index is 0.0875. The van der Waals surface area contributed by atoms with Crippen LogP contribution < -0.4 is 15.8 Å². The van der Waals surface area contributed by atoms with Gasteiger partial charge >= 0.3 is 0 Å². The average Bonchev–Trinajstić information content (AvgIpc) is 2.61. The van der Waals surface area contributed by atoms with Gasteiger partial charge in [-0.15, -0.1) is 10.2 Å². The maximum Gasteiger partial charge on any atom is 0.271 e. The molecule has 146 valence electrons. The second-order valence-electron chi connectivity index (χ2n) is 6.23. The Morgan fingerprint density at radius 1 is 1.07 bits per heavy atom. The van der Waals surface area contributed by atoms with Gasteiger partial charge in [-0.25, -0.2) is 13.6 Å². The van der Waals surface area contributed by atoms with E-state index < -0.39 is 10.0 Å². The van der Waals surface area contributed by atoms with Gasteiger partial charge in [0.2, 0.25) is 10.0 Å². The molecule has 27 heavy (non-hydrogen) atoms. The number of carbonyl (C=O) groups excluding carboxylic acids is 1. The largest absolute Gasteiger partial charge is 0.368 e. The van der Waals surface area contributed by atoms with Crippen molar-refractivity contribution in [3.8, 4) is 0 Å². The van der Waals surface area contributed by atoms with Crippen molar-refractivity contribution >= 4 is 21.7 Å². The van der Waals surface area contributed by atoms with E-state index in [4.69, 9.17) is 5.14 Å². The first-order valence-corrected chi connectivity index (χ1v) is 9.92. The van der Waals surface area contributed by atoms with Crippen molar-refractivity contribution in [2.75, 3.05) is 39.0 Å². The number of amides is 1. The molecule has 0 aliphatic rings. The standard InChI is InChI=1S/C17H24N6O3S/c1-23(2)12-11-20-17(24)15-7-8-16(22-21-15)19-10-9-13-3-5-14(6-4-13)27(18,25)26/h3-8H,9-12H2,1-2H3,(H,19,22)(H,20,24)(H2,18,25,26). The maximum absolute atomic E-state index is 11.9. The van der Waals surface area contributed by atoms with Crippen molar-refractivity contribution in [3.63, 3.8) is 0 Å². The Bertz CT molecular complexity index is 851. The van der Waals surface area contributed by atoms with E-state index in [0.717, 1.165) is 12.1 Å². The second-order valence-corrected chi connectivity index (χ2v) is 7.79. The number of likely N-dealkylation sites (N-methyl/N-ethyl adjacent to an activating group) is 1. The Morgan fingerprint density at radius 2 is 1.78 bits per heavy atom. The number of carbonyl (C=O) groups is 1. The number of nitrogens with zero attached hydrogens (tertiary/aromatic N) is 3. The summed E-state index contributed by atoms with van der Waals surface area (Å²) in [5.74, 6) is 0.298. The van der Waals surface area contributed by atoms with Gasteiger partial charge in [0.15, 0.2) is 5.69 Å². The summed E-state index contributed by atoms with van der Waals surface area (Å²) in [6, 6.07) is 9.70. The number of aromatic nitrogens is 2. The fourth-order valence-corrected chi connectivity index (χ4v) is 2.73. The summed E-state index contributed by atoms with van der Waals surface area (Å²) in [6.07, 6.45) is 0.666. The highest BCUT2D eigenvalue weighted by Gasteiger charge is 2.08. The Morgan fingerprint density at radius 3 is 2.33 bits per heavy atom. The van der Waals surface area contributed by atoms with Crippen LogP contribution in [0.15, 0.2) is 41.3 Å². The summed E-state index contributed by atoms with van der Waals surface area (Å²) in [4.78, 5) is 14.0. The highest BCUT2D eigenvalue weighted by Crippen LogP contribution is 2.10. The predicted molar refractivity (Wildman–Crippen MR) is 103 cm³/mol. The van der Waals surface area contributed by atoms with Crippen molar-refractivity contribution < 1.29 is 13.2 Å². The molecule has 1 heterocycles. The van der Waals surface area contributed by atoms with Gasteiger partial charge in [-0.2, -0.15) is 0 Å². The number of anilines is 1.